The summed E-state index contributed by atoms with van der Waals surface area (Å²) in [5.41, 5.74) is 1.46. The molecule has 1 N–H and O–H groups in total. The minimum atomic E-state index is 0.0273. The zero-order valence-electron chi connectivity index (χ0n) is 11.7. The molecular weight excluding hydrogens is 242 g/mol. The predicted octanol–water partition coefficient (Wildman–Crippen LogP) is 2.34. The van der Waals surface area contributed by atoms with Crippen LogP contribution in [0.25, 0.3) is 0 Å². The maximum Gasteiger partial charge on any atom is 0.254 e. The Balaban J connectivity index is 2.25. The van der Waals surface area contributed by atoms with Crippen molar-refractivity contribution >= 4 is 5.91 Å². The summed E-state index contributed by atoms with van der Waals surface area (Å²) in [5.74, 6) is 0.218. The number of phenolic OH excluding ortho intramolecular Hbond substituents is 1. The van der Waals surface area contributed by atoms with Crippen LogP contribution in [0.3, 0.4) is 0 Å². The van der Waals surface area contributed by atoms with E-state index in [1.807, 2.05) is 18.7 Å². The molecule has 0 aromatic heterocycles. The van der Waals surface area contributed by atoms with E-state index in [0.29, 0.717) is 18.7 Å². The lowest BCUT2D eigenvalue weighted by Gasteiger charge is -2.38. The van der Waals surface area contributed by atoms with Crippen LogP contribution in [0.5, 0.6) is 5.75 Å². The van der Waals surface area contributed by atoms with Gasteiger partial charge in [0.05, 0.1) is 18.8 Å². The minimum Gasteiger partial charge on any atom is -0.508 e. The third-order valence-corrected chi connectivity index (χ3v) is 3.64. The van der Waals surface area contributed by atoms with Gasteiger partial charge in [0.1, 0.15) is 5.75 Å². The van der Waals surface area contributed by atoms with E-state index in [1.54, 1.807) is 18.2 Å². The van der Waals surface area contributed by atoms with Crippen molar-refractivity contribution in [2.24, 2.45) is 0 Å². The van der Waals surface area contributed by atoms with E-state index in [0.717, 1.165) is 12.0 Å². The first kappa shape index (κ1) is 13.9. The second-order valence-electron chi connectivity index (χ2n) is 5.16. The fraction of sp³-hybridized carbons (Fsp3) is 0.533. The maximum atomic E-state index is 12.6. The average molecular weight is 263 g/mol. The van der Waals surface area contributed by atoms with Gasteiger partial charge in [-0.15, -0.1) is 0 Å². The number of ether oxygens (including phenoxy) is 1. The van der Waals surface area contributed by atoms with Gasteiger partial charge in [-0.1, -0.05) is 6.92 Å². The Morgan fingerprint density at radius 1 is 1.53 bits per heavy atom. The molecule has 0 spiro atoms. The third-order valence-electron chi connectivity index (χ3n) is 3.64. The molecule has 0 aliphatic carbocycles. The maximum absolute atomic E-state index is 12.6. The lowest BCUT2D eigenvalue weighted by Crippen LogP contribution is -2.51. The molecule has 104 valence electrons. The number of amides is 1. The molecule has 1 heterocycles. The van der Waals surface area contributed by atoms with Crippen LogP contribution < -0.4 is 0 Å². The Hall–Kier alpha value is -1.55. The van der Waals surface area contributed by atoms with Gasteiger partial charge >= 0.3 is 0 Å². The molecule has 1 aliphatic rings. The number of aromatic hydroxyl groups is 1. The van der Waals surface area contributed by atoms with Crippen molar-refractivity contribution < 1.29 is 14.6 Å². The minimum absolute atomic E-state index is 0.0273. The van der Waals surface area contributed by atoms with E-state index >= 15 is 0 Å². The molecule has 1 fully saturated rings. The SMILES string of the molecule is CCC1COC(C)CN1C(=O)c1ccc(O)cc1C. The van der Waals surface area contributed by atoms with E-state index in [2.05, 4.69) is 6.92 Å². The Morgan fingerprint density at radius 2 is 2.26 bits per heavy atom. The smallest absolute Gasteiger partial charge is 0.254 e. The second kappa shape index (κ2) is 5.61. The molecule has 2 rings (SSSR count). The molecule has 1 saturated heterocycles. The Bertz CT molecular complexity index is 472. The van der Waals surface area contributed by atoms with Gasteiger partial charge in [0, 0.05) is 12.1 Å². The quantitative estimate of drug-likeness (QED) is 0.891. The molecule has 1 aromatic carbocycles. The Labute approximate surface area is 114 Å². The molecule has 0 radical (unpaired) electrons. The standard InChI is InChI=1S/C15H21NO3/c1-4-12-9-19-11(3)8-16(12)15(18)14-6-5-13(17)7-10(14)2/h5-7,11-12,17H,4,8-9H2,1-3H3. The largest absolute Gasteiger partial charge is 0.508 e. The summed E-state index contributed by atoms with van der Waals surface area (Å²) < 4.78 is 5.61. The Kier molecular flexibility index (Phi) is 4.10. The van der Waals surface area contributed by atoms with Crippen LogP contribution in [-0.2, 0) is 4.74 Å². The van der Waals surface area contributed by atoms with E-state index in [1.165, 1.54) is 0 Å². The van der Waals surface area contributed by atoms with Crippen LogP contribution in [0.2, 0.25) is 0 Å². The van der Waals surface area contributed by atoms with Crippen LogP contribution in [0.1, 0.15) is 36.2 Å². The molecule has 1 amide bonds. The topological polar surface area (TPSA) is 49.8 Å². The third kappa shape index (κ3) is 2.89. The first-order valence-corrected chi connectivity index (χ1v) is 6.75. The molecule has 4 heteroatoms. The molecule has 0 saturated carbocycles. The highest BCUT2D eigenvalue weighted by molar-refractivity contribution is 5.96. The summed E-state index contributed by atoms with van der Waals surface area (Å²) in [6.07, 6.45) is 0.958. The van der Waals surface area contributed by atoms with Crippen LogP contribution in [-0.4, -0.2) is 41.2 Å². The summed E-state index contributed by atoms with van der Waals surface area (Å²) in [7, 11) is 0. The second-order valence-corrected chi connectivity index (χ2v) is 5.16. The van der Waals surface area contributed by atoms with Crippen molar-refractivity contribution in [1.29, 1.82) is 0 Å². The first-order chi connectivity index (χ1) is 9.02. The number of phenols is 1. The van der Waals surface area contributed by atoms with Crippen LogP contribution in [0, 0.1) is 6.92 Å². The molecule has 0 bridgehead atoms. The zero-order valence-corrected chi connectivity index (χ0v) is 11.7. The highest BCUT2D eigenvalue weighted by Crippen LogP contribution is 2.21. The van der Waals surface area contributed by atoms with E-state index in [9.17, 15) is 9.90 Å². The first-order valence-electron chi connectivity index (χ1n) is 6.75. The van der Waals surface area contributed by atoms with Gasteiger partial charge in [-0.05, 0) is 44.0 Å². The lowest BCUT2D eigenvalue weighted by molar-refractivity contribution is -0.0444. The summed E-state index contributed by atoms with van der Waals surface area (Å²) in [6, 6.07) is 5.01. The van der Waals surface area contributed by atoms with Crippen LogP contribution >= 0.6 is 0 Å². The highest BCUT2D eigenvalue weighted by Gasteiger charge is 2.30. The highest BCUT2D eigenvalue weighted by atomic mass is 16.5. The van der Waals surface area contributed by atoms with Crippen molar-refractivity contribution in [3.8, 4) is 5.75 Å². The van der Waals surface area contributed by atoms with Gasteiger partial charge in [-0.2, -0.15) is 0 Å². The molecule has 2 unspecified atom stereocenters. The zero-order chi connectivity index (χ0) is 14.0. The Morgan fingerprint density at radius 3 is 2.89 bits per heavy atom. The summed E-state index contributed by atoms with van der Waals surface area (Å²) in [6.45, 7) is 7.11. The van der Waals surface area contributed by atoms with Gasteiger partial charge in [0.25, 0.3) is 5.91 Å². The van der Waals surface area contributed by atoms with Crippen molar-refractivity contribution in [2.75, 3.05) is 13.2 Å². The number of rotatable bonds is 2. The van der Waals surface area contributed by atoms with Gasteiger partial charge in [-0.25, -0.2) is 0 Å². The monoisotopic (exact) mass is 263 g/mol. The summed E-state index contributed by atoms with van der Waals surface area (Å²) in [4.78, 5) is 14.5. The van der Waals surface area contributed by atoms with Gasteiger partial charge in [-0.3, -0.25) is 4.79 Å². The molecule has 1 aliphatic heterocycles. The van der Waals surface area contributed by atoms with E-state index in [4.69, 9.17) is 4.74 Å². The fourth-order valence-electron chi connectivity index (χ4n) is 2.47. The molecule has 19 heavy (non-hydrogen) atoms. The predicted molar refractivity (Wildman–Crippen MR) is 73.4 cm³/mol. The fourth-order valence-corrected chi connectivity index (χ4v) is 2.47. The number of nitrogens with zero attached hydrogens (tertiary/aromatic N) is 1. The molecule has 4 nitrogen and oxygen atoms in total. The number of morpholine rings is 1. The van der Waals surface area contributed by atoms with Gasteiger partial charge in [0.2, 0.25) is 0 Å². The van der Waals surface area contributed by atoms with Gasteiger partial charge in [0.15, 0.2) is 0 Å². The van der Waals surface area contributed by atoms with Crippen LogP contribution in [0.4, 0.5) is 0 Å². The van der Waals surface area contributed by atoms with Crippen molar-refractivity contribution in [3.63, 3.8) is 0 Å². The number of aryl methyl sites for hydroxylation is 1. The molecule has 2 atom stereocenters. The number of carbonyl (C=O) groups excluding carboxylic acids is 1. The number of hydrogen-bond donors (Lipinski definition) is 1. The van der Waals surface area contributed by atoms with E-state index in [-0.39, 0.29) is 23.8 Å². The summed E-state index contributed by atoms with van der Waals surface area (Å²) >= 11 is 0. The van der Waals surface area contributed by atoms with Crippen molar-refractivity contribution in [1.82, 2.24) is 4.90 Å². The normalized spacial score (nSPS) is 23.4. The lowest BCUT2D eigenvalue weighted by atomic mass is 10.0. The number of benzene rings is 1. The van der Waals surface area contributed by atoms with Gasteiger partial charge < -0.3 is 14.7 Å². The summed E-state index contributed by atoms with van der Waals surface area (Å²) in [5, 5.41) is 9.42. The average Bonchev–Trinajstić information content (AvgIpc) is 2.38. The number of hydrogen-bond acceptors (Lipinski definition) is 3. The van der Waals surface area contributed by atoms with Crippen molar-refractivity contribution in [3.05, 3.63) is 29.3 Å². The van der Waals surface area contributed by atoms with Crippen LogP contribution in [0.15, 0.2) is 18.2 Å². The van der Waals surface area contributed by atoms with E-state index < -0.39 is 0 Å². The van der Waals surface area contributed by atoms with Crippen molar-refractivity contribution in [2.45, 2.75) is 39.3 Å². The molecular formula is C15H21NO3. The molecule has 1 aromatic rings. The number of carbonyl (C=O) groups is 1.